The number of fused-ring (bicyclic) bond motifs is 1. The third kappa shape index (κ3) is 7.11. The number of aliphatic hydroxyl groups is 2. The van der Waals surface area contributed by atoms with Gasteiger partial charge in [-0.25, -0.2) is 0 Å². The number of aliphatic hydroxyl groups excluding tert-OH is 2. The average Bonchev–Trinajstić information content (AvgIpc) is 2.75. The molecule has 0 heterocycles. The maximum absolute atomic E-state index is 13.2. The molecule has 1 aromatic carbocycles. The molecule has 0 saturated carbocycles. The van der Waals surface area contributed by atoms with Gasteiger partial charge < -0.3 is 25.5 Å². The number of carbonyl (C=O) groups excluding carboxylic acids is 4. The molecule has 9 nitrogen and oxygen atoms in total. The molecule has 1 aliphatic carbocycles. The van der Waals surface area contributed by atoms with Crippen LogP contribution in [0.1, 0.15) is 68.3 Å². The second-order valence-corrected chi connectivity index (χ2v) is 9.68. The van der Waals surface area contributed by atoms with Gasteiger partial charge in [0, 0.05) is 45.1 Å². The first-order valence-electron chi connectivity index (χ1n) is 12.2. The van der Waals surface area contributed by atoms with E-state index in [-0.39, 0.29) is 78.0 Å². The van der Waals surface area contributed by atoms with E-state index >= 15 is 0 Å². The van der Waals surface area contributed by atoms with E-state index in [0.717, 1.165) is 0 Å². The van der Waals surface area contributed by atoms with Crippen LogP contribution in [-0.2, 0) is 20.8 Å². The van der Waals surface area contributed by atoms with Crippen molar-refractivity contribution in [1.29, 1.82) is 0 Å². The summed E-state index contributed by atoms with van der Waals surface area (Å²) in [5, 5.41) is 33.0. The van der Waals surface area contributed by atoms with Gasteiger partial charge in [-0.3, -0.25) is 19.2 Å². The third-order valence-electron chi connectivity index (χ3n) is 6.60. The molecule has 1 amide bonds. The Labute approximate surface area is 206 Å². The molecule has 194 valence electrons. The van der Waals surface area contributed by atoms with Crippen molar-refractivity contribution in [2.45, 2.75) is 58.8 Å². The van der Waals surface area contributed by atoms with E-state index in [1.165, 1.54) is 6.92 Å². The molecule has 0 aliphatic heterocycles. The molecule has 1 aliphatic rings. The van der Waals surface area contributed by atoms with Gasteiger partial charge in [-0.2, -0.15) is 0 Å². The first-order valence-corrected chi connectivity index (χ1v) is 12.2. The summed E-state index contributed by atoms with van der Waals surface area (Å²) >= 11 is 0. The number of carbonyl (C=O) groups is 4. The van der Waals surface area contributed by atoms with Crippen LogP contribution in [0.25, 0.3) is 0 Å². The van der Waals surface area contributed by atoms with Gasteiger partial charge in [0.15, 0.2) is 5.78 Å². The molecule has 3 atom stereocenters. The topological polar surface area (TPSA) is 144 Å². The Morgan fingerprint density at radius 1 is 1.20 bits per heavy atom. The quantitative estimate of drug-likeness (QED) is 0.244. The molecule has 9 heteroatoms. The number of amides is 1. The molecule has 35 heavy (non-hydrogen) atoms. The Balaban J connectivity index is 2.38. The second-order valence-electron chi connectivity index (χ2n) is 9.68. The molecule has 0 saturated heterocycles. The number of phenolic OH excluding ortho intramolecular Hbond substituents is 1. The zero-order chi connectivity index (χ0) is 26.3. The van der Waals surface area contributed by atoms with Gasteiger partial charge in [0.25, 0.3) is 0 Å². The van der Waals surface area contributed by atoms with E-state index in [1.54, 1.807) is 6.07 Å². The third-order valence-corrected chi connectivity index (χ3v) is 6.60. The Bertz CT molecular complexity index is 958. The number of ketones is 3. The number of hydrogen-bond acceptors (Lipinski definition) is 8. The van der Waals surface area contributed by atoms with Crippen LogP contribution in [0, 0.1) is 17.8 Å². The number of phenols is 1. The van der Waals surface area contributed by atoms with E-state index in [4.69, 9.17) is 0 Å². The predicted octanol–water partition coefficient (Wildman–Crippen LogP) is 2.49. The van der Waals surface area contributed by atoms with E-state index in [2.05, 4.69) is 5.32 Å². The van der Waals surface area contributed by atoms with Crippen molar-refractivity contribution in [2.24, 2.45) is 17.8 Å². The van der Waals surface area contributed by atoms with Crippen LogP contribution in [0.3, 0.4) is 0 Å². The van der Waals surface area contributed by atoms with Crippen LogP contribution in [-0.4, -0.2) is 65.9 Å². The lowest BCUT2D eigenvalue weighted by molar-refractivity contribution is -0.131. The minimum Gasteiger partial charge on any atom is -0.505 e. The zero-order valence-corrected chi connectivity index (χ0v) is 21.1. The van der Waals surface area contributed by atoms with Crippen LogP contribution >= 0.6 is 0 Å². The number of Topliss-reactive ketones (excluding diaryl/α,β-unsaturated/α-hetero) is 3. The van der Waals surface area contributed by atoms with Crippen molar-refractivity contribution in [1.82, 2.24) is 0 Å². The highest BCUT2D eigenvalue weighted by Gasteiger charge is 2.36. The molecule has 2 rings (SSSR count). The van der Waals surface area contributed by atoms with Crippen molar-refractivity contribution in [3.63, 3.8) is 0 Å². The van der Waals surface area contributed by atoms with Gasteiger partial charge >= 0.3 is 0 Å². The molecule has 0 fully saturated rings. The lowest BCUT2D eigenvalue weighted by Crippen LogP contribution is -2.33. The molecular weight excluding hydrogens is 452 g/mol. The minimum atomic E-state index is -0.791. The van der Waals surface area contributed by atoms with Crippen molar-refractivity contribution < 1.29 is 34.5 Å². The van der Waals surface area contributed by atoms with Gasteiger partial charge in [0.2, 0.25) is 5.91 Å². The zero-order valence-electron chi connectivity index (χ0n) is 21.1. The van der Waals surface area contributed by atoms with Crippen LogP contribution < -0.4 is 10.2 Å². The Kier molecular flexibility index (Phi) is 10.4. The lowest BCUT2D eigenvalue weighted by atomic mass is 9.73. The SMILES string of the molecule is CCCC(=O)Nc1cc(N(C)C)c2c(c1O)C(=O)CC(CC(CCO)C(CO)C(=O)CC(C)=O)C2. The molecule has 3 unspecified atom stereocenters. The molecule has 0 radical (unpaired) electrons. The molecule has 4 N–H and O–H groups in total. The maximum Gasteiger partial charge on any atom is 0.224 e. The van der Waals surface area contributed by atoms with E-state index in [1.807, 2.05) is 25.9 Å². The number of anilines is 2. The second kappa shape index (κ2) is 12.8. The summed E-state index contributed by atoms with van der Waals surface area (Å²) in [5.41, 5.74) is 1.77. The fourth-order valence-electron chi connectivity index (χ4n) is 5.00. The number of hydrogen-bond donors (Lipinski definition) is 4. The van der Waals surface area contributed by atoms with Gasteiger partial charge in [-0.1, -0.05) is 6.92 Å². The van der Waals surface area contributed by atoms with Crippen molar-refractivity contribution in [2.75, 3.05) is 37.5 Å². The highest BCUT2D eigenvalue weighted by molar-refractivity contribution is 6.06. The molecule has 0 spiro atoms. The van der Waals surface area contributed by atoms with Crippen molar-refractivity contribution in [3.05, 3.63) is 17.2 Å². The van der Waals surface area contributed by atoms with Crippen LogP contribution in [0.4, 0.5) is 11.4 Å². The minimum absolute atomic E-state index is 0.126. The number of rotatable bonds is 13. The highest BCUT2D eigenvalue weighted by Crippen LogP contribution is 2.44. The average molecular weight is 491 g/mol. The molecular formula is C26H38N2O7. The first-order chi connectivity index (χ1) is 16.5. The predicted molar refractivity (Wildman–Crippen MR) is 133 cm³/mol. The van der Waals surface area contributed by atoms with Crippen LogP contribution in [0.2, 0.25) is 0 Å². The molecule has 0 bridgehead atoms. The van der Waals surface area contributed by atoms with E-state index in [0.29, 0.717) is 36.9 Å². The van der Waals surface area contributed by atoms with Gasteiger partial charge in [0.1, 0.15) is 17.3 Å². The summed E-state index contributed by atoms with van der Waals surface area (Å²) in [6.45, 7) is 2.58. The Morgan fingerprint density at radius 3 is 2.43 bits per heavy atom. The fourth-order valence-corrected chi connectivity index (χ4v) is 5.00. The number of nitrogens with one attached hydrogen (secondary N) is 1. The maximum atomic E-state index is 13.2. The van der Waals surface area contributed by atoms with E-state index in [9.17, 15) is 34.5 Å². The fraction of sp³-hybridized carbons (Fsp3) is 0.615. The number of benzene rings is 1. The largest absolute Gasteiger partial charge is 0.505 e. The molecule has 0 aromatic heterocycles. The Hall–Kier alpha value is -2.78. The number of nitrogens with zero attached hydrogens (tertiary/aromatic N) is 1. The summed E-state index contributed by atoms with van der Waals surface area (Å²) in [4.78, 5) is 51.2. The van der Waals surface area contributed by atoms with Crippen molar-refractivity contribution in [3.8, 4) is 5.75 Å². The Morgan fingerprint density at radius 2 is 1.89 bits per heavy atom. The van der Waals surface area contributed by atoms with E-state index < -0.39 is 12.5 Å². The van der Waals surface area contributed by atoms with Crippen LogP contribution in [0.5, 0.6) is 5.75 Å². The number of aromatic hydroxyl groups is 1. The van der Waals surface area contributed by atoms with Gasteiger partial charge in [-0.05, 0) is 56.1 Å². The summed E-state index contributed by atoms with van der Waals surface area (Å²) < 4.78 is 0. The summed E-state index contributed by atoms with van der Waals surface area (Å²) in [6.07, 6.45) is 1.92. The summed E-state index contributed by atoms with van der Waals surface area (Å²) in [7, 11) is 3.63. The van der Waals surface area contributed by atoms with Gasteiger partial charge in [0.05, 0.1) is 24.3 Å². The molecule has 1 aromatic rings. The highest BCUT2D eigenvalue weighted by atomic mass is 16.3. The monoisotopic (exact) mass is 490 g/mol. The van der Waals surface area contributed by atoms with Crippen molar-refractivity contribution >= 4 is 34.6 Å². The first kappa shape index (κ1) is 28.5. The lowest BCUT2D eigenvalue weighted by Gasteiger charge is -2.33. The van der Waals surface area contributed by atoms with Crippen LogP contribution in [0.15, 0.2) is 6.07 Å². The smallest absolute Gasteiger partial charge is 0.224 e. The summed E-state index contributed by atoms with van der Waals surface area (Å²) in [5.74, 6) is -2.75. The normalized spacial score (nSPS) is 16.9. The standard InChI is InChI=1S/C26H38N2O7/c1-5-6-24(34)27-20-13-21(28(3)4)18-11-16(12-23(33)25(18)26(20)35)10-17(7-8-29)19(14-30)22(32)9-15(2)31/h13,16-17,19,29-30,35H,5-12,14H2,1-4H3,(H,27,34). The summed E-state index contributed by atoms with van der Waals surface area (Å²) in [6, 6.07) is 1.66. The van der Waals surface area contributed by atoms with Gasteiger partial charge in [-0.15, -0.1) is 0 Å².